The van der Waals surface area contributed by atoms with Gasteiger partial charge in [-0.2, -0.15) is 5.10 Å². The first-order chi connectivity index (χ1) is 7.16. The SMILES string of the molecule is C[C@@H](O)c1ccnc(-n2cc(Br)cn2)c1. The Bertz CT molecular complexity index is 467. The summed E-state index contributed by atoms with van der Waals surface area (Å²) in [4.78, 5) is 4.17. The molecule has 0 fully saturated rings. The molecule has 0 saturated heterocycles. The molecule has 0 aliphatic heterocycles. The van der Waals surface area contributed by atoms with Gasteiger partial charge in [-0.3, -0.25) is 0 Å². The highest BCUT2D eigenvalue weighted by Gasteiger charge is 2.04. The van der Waals surface area contributed by atoms with Gasteiger partial charge in [0.25, 0.3) is 0 Å². The van der Waals surface area contributed by atoms with Gasteiger partial charge in [-0.15, -0.1) is 0 Å². The first kappa shape index (κ1) is 10.3. The molecule has 2 aromatic heterocycles. The Kier molecular flexibility index (Phi) is 2.83. The molecule has 15 heavy (non-hydrogen) atoms. The zero-order chi connectivity index (χ0) is 10.8. The molecule has 0 aliphatic carbocycles. The molecule has 1 atom stereocenters. The largest absolute Gasteiger partial charge is 0.389 e. The Hall–Kier alpha value is -1.20. The summed E-state index contributed by atoms with van der Waals surface area (Å²) in [5, 5.41) is 13.5. The van der Waals surface area contributed by atoms with Crippen LogP contribution >= 0.6 is 15.9 Å². The monoisotopic (exact) mass is 267 g/mol. The fourth-order valence-corrected chi connectivity index (χ4v) is 1.53. The molecule has 1 N–H and O–H groups in total. The summed E-state index contributed by atoms with van der Waals surface area (Å²) in [6, 6.07) is 3.59. The van der Waals surface area contributed by atoms with E-state index >= 15 is 0 Å². The van der Waals surface area contributed by atoms with E-state index in [4.69, 9.17) is 0 Å². The van der Waals surface area contributed by atoms with E-state index in [1.54, 1.807) is 30.1 Å². The maximum atomic E-state index is 9.43. The number of halogens is 1. The Morgan fingerprint density at radius 3 is 2.93 bits per heavy atom. The Morgan fingerprint density at radius 2 is 2.33 bits per heavy atom. The molecule has 0 bridgehead atoms. The molecular weight excluding hydrogens is 258 g/mol. The van der Waals surface area contributed by atoms with Crippen molar-refractivity contribution in [3.8, 4) is 5.82 Å². The standard InChI is InChI=1S/C10H10BrN3O/c1-7(15)8-2-3-12-10(4-8)14-6-9(11)5-13-14/h2-7,15H,1H3/t7-/m1/s1. The summed E-state index contributed by atoms with van der Waals surface area (Å²) in [5.41, 5.74) is 0.826. The van der Waals surface area contributed by atoms with Crippen molar-refractivity contribution in [3.05, 3.63) is 40.8 Å². The second-order valence-corrected chi connectivity index (χ2v) is 4.14. The Morgan fingerprint density at radius 1 is 1.53 bits per heavy atom. The van der Waals surface area contributed by atoms with Crippen molar-refractivity contribution in [2.75, 3.05) is 0 Å². The summed E-state index contributed by atoms with van der Waals surface area (Å²) < 4.78 is 2.54. The number of hydrogen-bond acceptors (Lipinski definition) is 3. The number of aromatic nitrogens is 3. The van der Waals surface area contributed by atoms with E-state index in [1.165, 1.54) is 0 Å². The van der Waals surface area contributed by atoms with Crippen LogP contribution in [0.4, 0.5) is 0 Å². The van der Waals surface area contributed by atoms with Gasteiger partial charge in [0.15, 0.2) is 5.82 Å². The number of hydrogen-bond donors (Lipinski definition) is 1. The Balaban J connectivity index is 2.41. The average Bonchev–Trinajstić information content (AvgIpc) is 2.65. The molecule has 0 amide bonds. The number of rotatable bonds is 2. The summed E-state index contributed by atoms with van der Waals surface area (Å²) >= 11 is 3.32. The predicted molar refractivity (Wildman–Crippen MR) is 59.7 cm³/mol. The highest BCUT2D eigenvalue weighted by Crippen LogP contribution is 2.15. The lowest BCUT2D eigenvalue weighted by molar-refractivity contribution is 0.199. The van der Waals surface area contributed by atoms with E-state index in [9.17, 15) is 5.11 Å². The van der Waals surface area contributed by atoms with Crippen molar-refractivity contribution in [2.45, 2.75) is 13.0 Å². The highest BCUT2D eigenvalue weighted by molar-refractivity contribution is 9.10. The smallest absolute Gasteiger partial charge is 0.153 e. The lowest BCUT2D eigenvalue weighted by Gasteiger charge is -2.06. The predicted octanol–water partition coefficient (Wildman–Crippen LogP) is 2.08. The van der Waals surface area contributed by atoms with Crippen molar-refractivity contribution in [2.24, 2.45) is 0 Å². The molecule has 5 heteroatoms. The molecule has 2 aromatic rings. The zero-order valence-corrected chi connectivity index (χ0v) is 9.72. The fourth-order valence-electron chi connectivity index (χ4n) is 1.25. The van der Waals surface area contributed by atoms with Crippen molar-refractivity contribution in [1.82, 2.24) is 14.8 Å². The Labute approximate surface area is 95.7 Å². The second kappa shape index (κ2) is 4.12. The molecule has 78 valence electrons. The highest BCUT2D eigenvalue weighted by atomic mass is 79.9. The fraction of sp³-hybridized carbons (Fsp3) is 0.200. The van der Waals surface area contributed by atoms with Crippen LogP contribution in [0.5, 0.6) is 0 Å². The van der Waals surface area contributed by atoms with E-state index in [-0.39, 0.29) is 0 Å². The van der Waals surface area contributed by atoms with E-state index in [0.29, 0.717) is 5.82 Å². The average molecular weight is 268 g/mol. The third kappa shape index (κ3) is 2.24. The first-order valence-corrected chi connectivity index (χ1v) is 5.30. The van der Waals surface area contributed by atoms with Crippen molar-refractivity contribution in [1.29, 1.82) is 0 Å². The number of nitrogens with zero attached hydrogens (tertiary/aromatic N) is 3. The van der Waals surface area contributed by atoms with E-state index in [0.717, 1.165) is 10.0 Å². The third-order valence-electron chi connectivity index (χ3n) is 2.04. The van der Waals surface area contributed by atoms with Gasteiger partial charge in [0.1, 0.15) is 0 Å². The minimum atomic E-state index is -0.495. The minimum Gasteiger partial charge on any atom is -0.389 e. The molecular formula is C10H10BrN3O. The molecule has 0 aliphatic rings. The van der Waals surface area contributed by atoms with Crippen LogP contribution in [0.25, 0.3) is 5.82 Å². The van der Waals surface area contributed by atoms with Crippen molar-refractivity contribution in [3.63, 3.8) is 0 Å². The molecule has 0 unspecified atom stereocenters. The lowest BCUT2D eigenvalue weighted by atomic mass is 10.2. The van der Waals surface area contributed by atoms with Gasteiger partial charge in [0, 0.05) is 12.4 Å². The molecule has 2 heterocycles. The third-order valence-corrected chi connectivity index (χ3v) is 2.45. The summed E-state index contributed by atoms with van der Waals surface area (Å²) in [5.74, 6) is 0.694. The zero-order valence-electron chi connectivity index (χ0n) is 8.13. The quantitative estimate of drug-likeness (QED) is 0.907. The van der Waals surface area contributed by atoms with E-state index < -0.39 is 6.10 Å². The maximum Gasteiger partial charge on any atom is 0.153 e. The first-order valence-electron chi connectivity index (χ1n) is 4.51. The van der Waals surface area contributed by atoms with E-state index in [1.807, 2.05) is 12.3 Å². The van der Waals surface area contributed by atoms with Crippen LogP contribution in [0.3, 0.4) is 0 Å². The van der Waals surface area contributed by atoms with Gasteiger partial charge in [0.2, 0.25) is 0 Å². The number of pyridine rings is 1. The lowest BCUT2D eigenvalue weighted by Crippen LogP contribution is -2.00. The van der Waals surface area contributed by atoms with Gasteiger partial charge < -0.3 is 5.11 Å². The molecule has 2 rings (SSSR count). The van der Waals surface area contributed by atoms with Gasteiger partial charge >= 0.3 is 0 Å². The normalized spacial score (nSPS) is 12.7. The van der Waals surface area contributed by atoms with E-state index in [2.05, 4.69) is 26.0 Å². The van der Waals surface area contributed by atoms with Gasteiger partial charge in [-0.25, -0.2) is 9.67 Å². The van der Waals surface area contributed by atoms with Crippen LogP contribution in [0, 0.1) is 0 Å². The minimum absolute atomic E-state index is 0.495. The van der Waals surface area contributed by atoms with Crippen LogP contribution < -0.4 is 0 Å². The van der Waals surface area contributed by atoms with Gasteiger partial charge in [-0.1, -0.05) is 0 Å². The number of aliphatic hydroxyl groups excluding tert-OH is 1. The van der Waals surface area contributed by atoms with Crippen molar-refractivity contribution >= 4 is 15.9 Å². The number of aliphatic hydroxyl groups is 1. The summed E-state index contributed by atoms with van der Waals surface area (Å²) in [7, 11) is 0. The maximum absolute atomic E-state index is 9.43. The summed E-state index contributed by atoms with van der Waals surface area (Å²) in [6.07, 6.45) is 4.67. The van der Waals surface area contributed by atoms with Crippen LogP contribution in [0.15, 0.2) is 35.2 Å². The molecule has 0 saturated carbocycles. The van der Waals surface area contributed by atoms with Crippen LogP contribution in [-0.2, 0) is 0 Å². The molecule has 0 aromatic carbocycles. The molecule has 4 nitrogen and oxygen atoms in total. The van der Waals surface area contributed by atoms with Gasteiger partial charge in [-0.05, 0) is 40.5 Å². The molecule has 0 spiro atoms. The van der Waals surface area contributed by atoms with Crippen LogP contribution in [0.2, 0.25) is 0 Å². The summed E-state index contributed by atoms with van der Waals surface area (Å²) in [6.45, 7) is 1.72. The second-order valence-electron chi connectivity index (χ2n) is 3.23. The van der Waals surface area contributed by atoms with Gasteiger partial charge in [0.05, 0.1) is 16.8 Å². The van der Waals surface area contributed by atoms with Crippen molar-refractivity contribution < 1.29 is 5.11 Å². The van der Waals surface area contributed by atoms with Crippen LogP contribution in [0.1, 0.15) is 18.6 Å². The molecule has 0 radical (unpaired) electrons. The van der Waals surface area contributed by atoms with Crippen LogP contribution in [-0.4, -0.2) is 19.9 Å². The topological polar surface area (TPSA) is 50.9 Å².